The Morgan fingerprint density at radius 1 is 0.326 bits per heavy atom. The van der Waals surface area contributed by atoms with Gasteiger partial charge in [-0.2, -0.15) is 0 Å². The number of aromatic nitrogens is 4. The molecule has 0 fully saturated rings. The van der Waals surface area contributed by atoms with Gasteiger partial charge in [0.1, 0.15) is 11.5 Å². The molecule has 4 aromatic heterocycles. The van der Waals surface area contributed by atoms with Crippen molar-refractivity contribution in [3.63, 3.8) is 0 Å². The van der Waals surface area contributed by atoms with Crippen LogP contribution in [0, 0.1) is 0 Å². The van der Waals surface area contributed by atoms with E-state index in [1.54, 1.807) is 24.3 Å². The predicted octanol–water partition coefficient (Wildman–Crippen LogP) is 11.6. The Morgan fingerprint density at radius 2 is 0.609 bits per heavy atom. The molecule has 0 spiro atoms. The van der Waals surface area contributed by atoms with Crippen molar-refractivity contribution in [2.75, 3.05) is 0 Å². The first-order chi connectivity index (χ1) is 44.2. The van der Waals surface area contributed by atoms with E-state index in [0.29, 0.717) is 39.2 Å². The molecule has 0 saturated heterocycles. The van der Waals surface area contributed by atoms with Crippen LogP contribution >= 0.6 is 31.9 Å². The van der Waals surface area contributed by atoms with Crippen molar-refractivity contribution in [3.8, 4) is 11.5 Å². The molecule has 0 bridgehead atoms. The molecular weight excluding hydrogens is 1300 g/mol. The van der Waals surface area contributed by atoms with Crippen LogP contribution in [0.15, 0.2) is 179 Å². The van der Waals surface area contributed by atoms with Gasteiger partial charge >= 0.3 is 0 Å². The Kier molecular flexibility index (Phi) is 15.4. The van der Waals surface area contributed by atoms with Gasteiger partial charge in [0.05, 0.1) is 48.6 Å². The number of nitrogens with one attached hydrogen (secondary N) is 8. The van der Waals surface area contributed by atoms with Crippen LogP contribution < -0.4 is 21.3 Å². The second kappa shape index (κ2) is 23.2. The second-order valence-corrected chi connectivity index (χ2v) is 25.7. The molecule has 0 saturated carbocycles. The van der Waals surface area contributed by atoms with E-state index < -0.39 is 22.2 Å². The SMILES string of the molecule is CC1(c2c(CO)[nH]c3ccccc23)NC(=O)c2cc(Br)ccc21.CC1(c2c(CO)[nH]c3ccccc23)NC(=O)c2cc(O)ccc21.CC1(c2c(CO)[nH]c3ccccc23)NC(=O)c2ccc(Br)cc21.CC1(c2c(CO)[nH]c3ccccc23)NC(=O)c2ccc(O)cc21. The monoisotopic (exact) mass is 1360 g/mol. The number of benzene rings is 8. The van der Waals surface area contributed by atoms with Crippen LogP contribution in [0.4, 0.5) is 0 Å². The molecule has 4 unspecified atom stereocenters. The van der Waals surface area contributed by atoms with Crippen molar-refractivity contribution in [3.05, 3.63) is 268 Å². The number of aromatic hydroxyl groups is 2. The standard InChI is InChI=1S/2C18H15BrN2O2.2C18H16N2O3/c1-18(13-8-10(19)6-7-11(13)17(23)21-18)16-12-4-2-3-5-14(12)20-15(16)9-22;1-18(13-7-6-10(19)8-12(13)17(23)21-18)16-11-4-2-3-5-14(11)20-15(16)9-22;1-18(13-8-10(22)6-7-11(13)17(23)20-18)16-12-4-2-3-5-14(12)19-15(16)9-21;1-18(13-7-6-10(22)8-12(13)17(23)20-18)16-11-4-2-3-5-14(11)19-15(16)9-21/h2*2-8,20,22H,9H2,1H3,(H,21,23);2*2-8,19,21-22H,9H2,1H3,(H,20,23). The van der Waals surface area contributed by atoms with E-state index in [0.717, 1.165) is 103 Å². The zero-order valence-corrected chi connectivity index (χ0v) is 53.2. The van der Waals surface area contributed by atoms with Gasteiger partial charge in [-0.15, -0.1) is 0 Å². The summed E-state index contributed by atoms with van der Waals surface area (Å²) in [5.41, 5.74) is 12.7. The lowest BCUT2D eigenvalue weighted by molar-refractivity contribution is 0.0935. The number of hydrogen-bond acceptors (Lipinski definition) is 10. The highest BCUT2D eigenvalue weighted by Crippen LogP contribution is 2.47. The molecule has 4 amide bonds. The fourth-order valence-electron chi connectivity index (χ4n) is 14.4. The molecule has 4 atom stereocenters. The summed E-state index contributed by atoms with van der Waals surface area (Å²) in [4.78, 5) is 62.6. The lowest BCUT2D eigenvalue weighted by atomic mass is 9.83. The summed E-state index contributed by atoms with van der Waals surface area (Å²) in [6.07, 6.45) is 0. The Balaban J connectivity index is 0.000000112. The molecule has 20 heteroatoms. The van der Waals surface area contributed by atoms with E-state index >= 15 is 0 Å². The number of phenolic OH excluding ortho intramolecular Hbond substituents is 2. The molecule has 18 nitrogen and oxygen atoms in total. The number of aliphatic hydroxyl groups is 4. The average molecular weight is 1360 g/mol. The molecule has 464 valence electrons. The summed E-state index contributed by atoms with van der Waals surface area (Å²) in [6.45, 7) is 7.25. The molecule has 92 heavy (non-hydrogen) atoms. The van der Waals surface area contributed by atoms with Crippen LogP contribution in [-0.2, 0) is 48.6 Å². The number of rotatable bonds is 8. The van der Waals surface area contributed by atoms with Crippen LogP contribution in [-0.4, -0.2) is 74.2 Å². The first-order valence-corrected chi connectivity index (χ1v) is 31.2. The van der Waals surface area contributed by atoms with Crippen LogP contribution in [0.25, 0.3) is 43.6 Å². The van der Waals surface area contributed by atoms with Crippen molar-refractivity contribution in [1.29, 1.82) is 0 Å². The second-order valence-electron chi connectivity index (χ2n) is 23.9. The molecule has 0 aliphatic carbocycles. The Labute approximate surface area is 543 Å². The van der Waals surface area contributed by atoms with Crippen molar-refractivity contribution in [2.24, 2.45) is 0 Å². The molecule has 8 heterocycles. The first-order valence-electron chi connectivity index (χ1n) is 29.6. The summed E-state index contributed by atoms with van der Waals surface area (Å²) in [5, 5.41) is 74.8. The molecule has 12 aromatic rings. The lowest BCUT2D eigenvalue weighted by Crippen LogP contribution is -2.38. The van der Waals surface area contributed by atoms with Gasteiger partial charge in [-0.3, -0.25) is 19.2 Å². The van der Waals surface area contributed by atoms with Crippen molar-refractivity contribution >= 4 is 99.1 Å². The number of aliphatic hydroxyl groups excluding tert-OH is 4. The van der Waals surface area contributed by atoms with Gasteiger partial charge in [0.15, 0.2) is 0 Å². The largest absolute Gasteiger partial charge is 0.508 e. The fraction of sp³-hybridized carbons (Fsp3) is 0.167. The molecule has 16 rings (SSSR count). The van der Waals surface area contributed by atoms with Gasteiger partial charge in [-0.25, -0.2) is 0 Å². The van der Waals surface area contributed by atoms with Crippen LogP contribution in [0.5, 0.6) is 11.5 Å². The molecule has 0 radical (unpaired) electrons. The highest BCUT2D eigenvalue weighted by Gasteiger charge is 2.47. The summed E-state index contributed by atoms with van der Waals surface area (Å²) >= 11 is 6.91. The Morgan fingerprint density at radius 3 is 1.00 bits per heavy atom. The van der Waals surface area contributed by atoms with Crippen molar-refractivity contribution < 1.29 is 49.8 Å². The van der Waals surface area contributed by atoms with E-state index in [4.69, 9.17) is 0 Å². The van der Waals surface area contributed by atoms with E-state index in [1.807, 2.05) is 161 Å². The number of carbonyl (C=O) groups is 4. The summed E-state index contributed by atoms with van der Waals surface area (Å²) in [7, 11) is 0. The quantitative estimate of drug-likeness (QED) is 0.0682. The minimum atomic E-state index is -0.817. The maximum Gasteiger partial charge on any atom is 0.252 e. The number of fused-ring (bicyclic) bond motifs is 8. The van der Waals surface area contributed by atoms with Gasteiger partial charge in [0.25, 0.3) is 23.6 Å². The zero-order valence-electron chi connectivity index (χ0n) is 50.1. The normalized spacial score (nSPS) is 19.8. The molecule has 4 aliphatic heterocycles. The van der Waals surface area contributed by atoms with Crippen LogP contribution in [0.1, 0.15) is 136 Å². The summed E-state index contributed by atoms with van der Waals surface area (Å²) in [6, 6.07) is 52.2. The smallest absolute Gasteiger partial charge is 0.252 e. The van der Waals surface area contributed by atoms with Gasteiger partial charge in [0.2, 0.25) is 0 Å². The topological polar surface area (TPSA) is 301 Å². The zero-order chi connectivity index (χ0) is 64.8. The van der Waals surface area contributed by atoms with E-state index in [-0.39, 0.29) is 61.6 Å². The number of hydrogen-bond donors (Lipinski definition) is 14. The number of carbonyl (C=O) groups excluding carboxylic acids is 4. The van der Waals surface area contributed by atoms with E-state index in [9.17, 15) is 49.8 Å². The lowest BCUT2D eigenvalue weighted by Gasteiger charge is -2.27. The predicted molar refractivity (Wildman–Crippen MR) is 357 cm³/mol. The van der Waals surface area contributed by atoms with E-state index in [2.05, 4.69) is 73.1 Å². The first kappa shape index (κ1) is 61.1. The number of para-hydroxylation sites is 4. The molecular formula is C72H62Br2N8O10. The number of H-pyrrole nitrogens is 4. The van der Waals surface area contributed by atoms with Crippen molar-refractivity contribution in [2.45, 2.75) is 76.3 Å². The van der Waals surface area contributed by atoms with Gasteiger partial charge in [0, 0.05) is 120 Å². The highest BCUT2D eigenvalue weighted by atomic mass is 79.9. The maximum absolute atomic E-state index is 12.5. The molecule has 8 aromatic carbocycles. The number of amides is 4. The average Bonchev–Trinajstić information content (AvgIpc) is 1.61. The summed E-state index contributed by atoms with van der Waals surface area (Å²) in [5.74, 6) is -0.437. The Bertz CT molecular complexity index is 4720. The molecule has 14 N–H and O–H groups in total. The van der Waals surface area contributed by atoms with Crippen molar-refractivity contribution in [1.82, 2.24) is 41.2 Å². The van der Waals surface area contributed by atoms with Crippen LogP contribution in [0.2, 0.25) is 0 Å². The highest BCUT2D eigenvalue weighted by molar-refractivity contribution is 9.10. The third-order valence-electron chi connectivity index (χ3n) is 18.3. The van der Waals surface area contributed by atoms with Gasteiger partial charge in [-0.05, 0) is 135 Å². The number of halogens is 2. The number of phenols is 2. The minimum absolute atomic E-state index is 0.0597. The third-order valence-corrected chi connectivity index (χ3v) is 19.3. The maximum atomic E-state index is 12.5. The summed E-state index contributed by atoms with van der Waals surface area (Å²) < 4.78 is 1.79. The number of aromatic amines is 4. The van der Waals surface area contributed by atoms with Crippen LogP contribution in [0.3, 0.4) is 0 Å². The van der Waals surface area contributed by atoms with Gasteiger partial charge < -0.3 is 71.8 Å². The van der Waals surface area contributed by atoms with Gasteiger partial charge in [-0.1, -0.05) is 117 Å². The fourth-order valence-corrected chi connectivity index (χ4v) is 15.1. The Hall–Kier alpha value is -9.80. The minimum Gasteiger partial charge on any atom is -0.508 e. The van der Waals surface area contributed by atoms with E-state index in [1.165, 1.54) is 12.1 Å². The molecule has 4 aliphatic rings. The third kappa shape index (κ3) is 9.83.